The number of nitro groups is 1. The molecule has 1 N–H and O–H groups in total. The molecule has 0 aliphatic rings. The highest BCUT2D eigenvalue weighted by Crippen LogP contribution is 2.15. The third kappa shape index (κ3) is 5.19. The summed E-state index contributed by atoms with van der Waals surface area (Å²) in [6.45, 7) is 4.41. The number of ether oxygens (including phenoxy) is 1. The second kappa shape index (κ2) is 7.27. The van der Waals surface area contributed by atoms with Crippen LogP contribution in [0.25, 0.3) is 0 Å². The van der Waals surface area contributed by atoms with Gasteiger partial charge in [0.25, 0.3) is 5.69 Å². The first-order valence-corrected chi connectivity index (χ1v) is 7.52. The number of sulfonamides is 1. The molecule has 1 heterocycles. The Balaban J connectivity index is 2.60. The van der Waals surface area contributed by atoms with E-state index in [-0.39, 0.29) is 23.2 Å². The van der Waals surface area contributed by atoms with Gasteiger partial charge in [0.05, 0.1) is 11.0 Å². The van der Waals surface area contributed by atoms with E-state index in [9.17, 15) is 18.5 Å². The van der Waals surface area contributed by atoms with Gasteiger partial charge in [-0.2, -0.15) is 0 Å². The number of hydrogen-bond donors (Lipinski definition) is 1. The Morgan fingerprint density at radius 3 is 2.75 bits per heavy atom. The lowest BCUT2D eigenvalue weighted by Crippen LogP contribution is -2.26. The molecule has 8 nitrogen and oxygen atoms in total. The highest BCUT2D eigenvalue weighted by Gasteiger charge is 2.17. The zero-order chi connectivity index (χ0) is 15.2. The lowest BCUT2D eigenvalue weighted by atomic mass is 10.4. The molecular weight excluding hydrogens is 286 g/mol. The van der Waals surface area contributed by atoms with Crippen molar-refractivity contribution in [1.29, 1.82) is 0 Å². The van der Waals surface area contributed by atoms with Gasteiger partial charge < -0.3 is 4.74 Å². The second-order valence-corrected chi connectivity index (χ2v) is 6.07. The minimum atomic E-state index is -3.79. The van der Waals surface area contributed by atoms with Crippen LogP contribution in [0.15, 0.2) is 23.4 Å². The maximum absolute atomic E-state index is 11.9. The van der Waals surface area contributed by atoms with Gasteiger partial charge in [-0.15, -0.1) is 0 Å². The zero-order valence-electron chi connectivity index (χ0n) is 11.3. The van der Waals surface area contributed by atoms with Crippen molar-refractivity contribution in [1.82, 2.24) is 9.71 Å². The number of pyridine rings is 1. The molecule has 0 unspecified atom stereocenters. The molecule has 0 aromatic carbocycles. The van der Waals surface area contributed by atoms with E-state index in [1.807, 2.05) is 13.8 Å². The Bertz CT molecular complexity index is 559. The van der Waals surface area contributed by atoms with Crippen LogP contribution >= 0.6 is 0 Å². The molecule has 9 heteroatoms. The van der Waals surface area contributed by atoms with Gasteiger partial charge in [0.1, 0.15) is 11.1 Å². The molecule has 0 saturated heterocycles. The van der Waals surface area contributed by atoms with E-state index >= 15 is 0 Å². The number of nitrogens with zero attached hydrogens (tertiary/aromatic N) is 2. The highest BCUT2D eigenvalue weighted by atomic mass is 32.2. The normalized spacial score (nSPS) is 11.8. The molecule has 1 aromatic rings. The summed E-state index contributed by atoms with van der Waals surface area (Å²) in [4.78, 5) is 13.2. The van der Waals surface area contributed by atoms with Crippen LogP contribution in [0.2, 0.25) is 0 Å². The number of nitrogens with one attached hydrogen (secondary N) is 1. The van der Waals surface area contributed by atoms with Crippen molar-refractivity contribution in [2.75, 3.05) is 13.2 Å². The Morgan fingerprint density at radius 1 is 1.45 bits per heavy atom. The van der Waals surface area contributed by atoms with E-state index in [1.165, 1.54) is 0 Å². The molecule has 0 radical (unpaired) electrons. The average Bonchev–Trinajstić information content (AvgIpc) is 2.38. The Hall–Kier alpha value is -1.58. The summed E-state index contributed by atoms with van der Waals surface area (Å²) >= 11 is 0. The summed E-state index contributed by atoms with van der Waals surface area (Å²) in [6, 6.07) is 0.972. The monoisotopic (exact) mass is 303 g/mol. The number of aromatic nitrogens is 1. The largest absolute Gasteiger partial charge is 0.379 e. The highest BCUT2D eigenvalue weighted by molar-refractivity contribution is 7.89. The summed E-state index contributed by atoms with van der Waals surface area (Å²) in [6.07, 6.45) is 2.67. The number of hydrogen-bond acceptors (Lipinski definition) is 6. The summed E-state index contributed by atoms with van der Waals surface area (Å²) in [5.74, 6) is 0. The van der Waals surface area contributed by atoms with Crippen LogP contribution < -0.4 is 4.72 Å². The maximum atomic E-state index is 11.9. The van der Waals surface area contributed by atoms with Crippen LogP contribution in [-0.2, 0) is 14.8 Å². The first-order chi connectivity index (χ1) is 9.33. The van der Waals surface area contributed by atoms with Crippen LogP contribution in [0.4, 0.5) is 5.69 Å². The van der Waals surface area contributed by atoms with Gasteiger partial charge in [0.2, 0.25) is 10.0 Å². The lowest BCUT2D eigenvalue weighted by Gasteiger charge is -2.08. The summed E-state index contributed by atoms with van der Waals surface area (Å²) < 4.78 is 31.4. The summed E-state index contributed by atoms with van der Waals surface area (Å²) in [5, 5.41) is 10.6. The molecule has 0 atom stereocenters. The van der Waals surface area contributed by atoms with Gasteiger partial charge in [-0.25, -0.2) is 13.1 Å². The average molecular weight is 303 g/mol. The zero-order valence-corrected chi connectivity index (χ0v) is 12.1. The van der Waals surface area contributed by atoms with Crippen molar-refractivity contribution in [3.8, 4) is 0 Å². The fraction of sp³-hybridized carbons (Fsp3) is 0.545. The first-order valence-electron chi connectivity index (χ1n) is 6.03. The third-order valence-electron chi connectivity index (χ3n) is 2.28. The fourth-order valence-electron chi connectivity index (χ4n) is 1.34. The lowest BCUT2D eigenvalue weighted by molar-refractivity contribution is -0.385. The van der Waals surface area contributed by atoms with Crippen LogP contribution in [0, 0.1) is 10.1 Å². The van der Waals surface area contributed by atoms with Crippen molar-refractivity contribution in [2.45, 2.75) is 31.3 Å². The van der Waals surface area contributed by atoms with Gasteiger partial charge >= 0.3 is 0 Å². The molecule has 0 aliphatic carbocycles. The van der Waals surface area contributed by atoms with Gasteiger partial charge in [-0.05, 0) is 20.3 Å². The number of rotatable bonds is 8. The van der Waals surface area contributed by atoms with Crippen molar-refractivity contribution < 1.29 is 18.1 Å². The standard InChI is InChI=1S/C11H17N3O5S/c1-9(2)19-5-3-4-13-20(17,18)11-6-10(14(15)16)7-12-8-11/h6-9,13H,3-5H2,1-2H3. The van der Waals surface area contributed by atoms with Crippen molar-refractivity contribution in [2.24, 2.45) is 0 Å². The maximum Gasteiger partial charge on any atom is 0.288 e. The minimum absolute atomic E-state index is 0.0904. The van der Waals surface area contributed by atoms with Gasteiger partial charge in [-0.1, -0.05) is 0 Å². The van der Waals surface area contributed by atoms with E-state index in [2.05, 4.69) is 9.71 Å². The van der Waals surface area contributed by atoms with Crippen LogP contribution in [0.5, 0.6) is 0 Å². The predicted molar refractivity (Wildman–Crippen MR) is 71.8 cm³/mol. The van der Waals surface area contributed by atoms with Gasteiger partial charge in [-0.3, -0.25) is 15.1 Å². The van der Waals surface area contributed by atoms with Crippen LogP contribution in [0.3, 0.4) is 0 Å². The van der Waals surface area contributed by atoms with E-state index in [0.717, 1.165) is 18.5 Å². The quantitative estimate of drug-likeness (QED) is 0.437. The van der Waals surface area contributed by atoms with Crippen molar-refractivity contribution in [3.63, 3.8) is 0 Å². The van der Waals surface area contributed by atoms with Crippen molar-refractivity contribution >= 4 is 15.7 Å². The third-order valence-corrected chi connectivity index (χ3v) is 3.71. The molecular formula is C11H17N3O5S. The Labute approximate surface area is 117 Å². The van der Waals surface area contributed by atoms with E-state index in [0.29, 0.717) is 13.0 Å². The molecule has 0 bridgehead atoms. The molecule has 0 fully saturated rings. The second-order valence-electron chi connectivity index (χ2n) is 4.31. The smallest absolute Gasteiger partial charge is 0.288 e. The summed E-state index contributed by atoms with van der Waals surface area (Å²) in [7, 11) is -3.79. The van der Waals surface area contributed by atoms with Crippen LogP contribution in [-0.4, -0.2) is 37.6 Å². The van der Waals surface area contributed by atoms with E-state index in [4.69, 9.17) is 4.74 Å². The minimum Gasteiger partial charge on any atom is -0.379 e. The molecule has 1 rings (SSSR count). The predicted octanol–water partition coefficient (Wildman–Crippen LogP) is 1.08. The molecule has 0 amide bonds. The molecule has 0 saturated carbocycles. The molecule has 20 heavy (non-hydrogen) atoms. The molecule has 112 valence electrons. The van der Waals surface area contributed by atoms with Gasteiger partial charge in [0, 0.05) is 25.4 Å². The fourth-order valence-corrected chi connectivity index (χ4v) is 2.39. The van der Waals surface area contributed by atoms with E-state index < -0.39 is 14.9 Å². The Morgan fingerprint density at radius 2 is 2.15 bits per heavy atom. The molecule has 1 aromatic heterocycles. The first kappa shape index (κ1) is 16.5. The van der Waals surface area contributed by atoms with Crippen molar-refractivity contribution in [3.05, 3.63) is 28.6 Å². The molecule has 0 spiro atoms. The summed E-state index contributed by atoms with van der Waals surface area (Å²) in [5.41, 5.74) is -0.365. The molecule has 0 aliphatic heterocycles. The van der Waals surface area contributed by atoms with Crippen LogP contribution in [0.1, 0.15) is 20.3 Å². The van der Waals surface area contributed by atoms with E-state index in [1.54, 1.807) is 0 Å². The SMILES string of the molecule is CC(C)OCCCNS(=O)(=O)c1cncc([N+](=O)[O-])c1. The Kier molecular flexibility index (Phi) is 5.99. The topological polar surface area (TPSA) is 111 Å². The van der Waals surface area contributed by atoms with Gasteiger partial charge in [0.15, 0.2) is 0 Å².